The van der Waals surface area contributed by atoms with Crippen LogP contribution in [0.5, 0.6) is 11.6 Å². The molecule has 3 heterocycles. The lowest BCUT2D eigenvalue weighted by Gasteiger charge is -2.21. The quantitative estimate of drug-likeness (QED) is 0.719. The third kappa shape index (κ3) is 2.90. The van der Waals surface area contributed by atoms with E-state index in [4.69, 9.17) is 18.9 Å². The van der Waals surface area contributed by atoms with E-state index in [1.165, 1.54) is 4.90 Å². The number of nitrogens with zero attached hydrogens (tertiary/aromatic N) is 3. The molecular formula is C17H15N3O5. The monoisotopic (exact) mass is 341 g/mol. The summed E-state index contributed by atoms with van der Waals surface area (Å²) in [6, 6.07) is 7.19. The van der Waals surface area contributed by atoms with Crippen LogP contribution in [0.4, 0.5) is 4.79 Å². The zero-order valence-corrected chi connectivity index (χ0v) is 13.3. The molecule has 2 aliphatic heterocycles. The molecule has 0 spiro atoms. The van der Waals surface area contributed by atoms with Gasteiger partial charge in [0.05, 0.1) is 12.2 Å². The molecule has 1 saturated heterocycles. The predicted molar refractivity (Wildman–Crippen MR) is 85.2 cm³/mol. The third-order valence-electron chi connectivity index (χ3n) is 4.15. The van der Waals surface area contributed by atoms with Crippen molar-refractivity contribution in [3.63, 3.8) is 0 Å². The molecule has 1 fully saturated rings. The summed E-state index contributed by atoms with van der Waals surface area (Å²) in [5.41, 5.74) is 0.434. The Morgan fingerprint density at radius 3 is 2.96 bits per heavy atom. The summed E-state index contributed by atoms with van der Waals surface area (Å²) in [6.45, 7) is 1.10. The fourth-order valence-electron chi connectivity index (χ4n) is 2.83. The molecule has 1 unspecified atom stereocenters. The fourth-order valence-corrected chi connectivity index (χ4v) is 2.83. The highest BCUT2D eigenvalue weighted by atomic mass is 16.6. The normalized spacial score (nSPS) is 20.4. The van der Waals surface area contributed by atoms with E-state index in [1.54, 1.807) is 18.3 Å². The molecular weight excluding hydrogens is 326 g/mol. The first-order chi connectivity index (χ1) is 12.3. The molecule has 1 aromatic carbocycles. The van der Waals surface area contributed by atoms with Crippen LogP contribution in [0.1, 0.15) is 5.56 Å². The number of hydrogen-bond donors (Lipinski definition) is 0. The first-order valence-corrected chi connectivity index (χ1v) is 7.86. The van der Waals surface area contributed by atoms with E-state index in [9.17, 15) is 10.1 Å². The number of aromatic nitrogens is 1. The SMILES string of the molecule is N#Cc1cc2ccnc3c2cc1OCCOCN1C(=O)OCC1CO3. The van der Waals surface area contributed by atoms with Gasteiger partial charge in [0.2, 0.25) is 5.88 Å². The predicted octanol–water partition coefficient (Wildman–Crippen LogP) is 1.67. The molecule has 2 aromatic rings. The smallest absolute Gasteiger partial charge is 0.412 e. The van der Waals surface area contributed by atoms with Gasteiger partial charge in [-0.25, -0.2) is 9.78 Å². The molecule has 1 atom stereocenters. The van der Waals surface area contributed by atoms with Gasteiger partial charge in [-0.05, 0) is 23.6 Å². The first-order valence-electron chi connectivity index (χ1n) is 7.86. The molecule has 1 amide bonds. The van der Waals surface area contributed by atoms with Crippen LogP contribution in [0.2, 0.25) is 0 Å². The second kappa shape index (κ2) is 6.45. The van der Waals surface area contributed by atoms with Gasteiger partial charge in [-0.1, -0.05) is 0 Å². The van der Waals surface area contributed by atoms with Gasteiger partial charge in [0.1, 0.15) is 44.4 Å². The molecule has 8 heteroatoms. The topological polar surface area (TPSA) is 93.9 Å². The van der Waals surface area contributed by atoms with Gasteiger partial charge < -0.3 is 18.9 Å². The number of pyridine rings is 1. The van der Waals surface area contributed by atoms with Crippen molar-refractivity contribution >= 4 is 16.9 Å². The van der Waals surface area contributed by atoms with Gasteiger partial charge >= 0.3 is 6.09 Å². The van der Waals surface area contributed by atoms with Crippen LogP contribution in [-0.2, 0) is 9.47 Å². The lowest BCUT2D eigenvalue weighted by Crippen LogP contribution is -2.39. The minimum absolute atomic E-state index is 0.0938. The van der Waals surface area contributed by atoms with Gasteiger partial charge in [0.15, 0.2) is 0 Å². The average molecular weight is 341 g/mol. The number of ether oxygens (including phenoxy) is 4. The molecule has 8 nitrogen and oxygen atoms in total. The number of amides is 1. The fraction of sp³-hybridized carbons (Fsp3) is 0.353. The maximum absolute atomic E-state index is 11.8. The Kier molecular flexibility index (Phi) is 3.99. The van der Waals surface area contributed by atoms with Gasteiger partial charge in [-0.3, -0.25) is 4.90 Å². The van der Waals surface area contributed by atoms with Crippen molar-refractivity contribution in [2.24, 2.45) is 0 Å². The summed E-state index contributed by atoms with van der Waals surface area (Å²) >= 11 is 0. The molecule has 25 heavy (non-hydrogen) atoms. The Labute approximate surface area is 143 Å². The minimum atomic E-state index is -0.428. The first kappa shape index (κ1) is 15.5. The van der Waals surface area contributed by atoms with Crippen LogP contribution >= 0.6 is 0 Å². The van der Waals surface area contributed by atoms with Crippen LogP contribution in [0, 0.1) is 11.3 Å². The van der Waals surface area contributed by atoms with Crippen LogP contribution in [0.15, 0.2) is 24.4 Å². The van der Waals surface area contributed by atoms with E-state index in [-0.39, 0.29) is 39.2 Å². The third-order valence-corrected chi connectivity index (χ3v) is 4.15. The maximum Gasteiger partial charge on any atom is 0.412 e. The average Bonchev–Trinajstić information content (AvgIpc) is 2.98. The second-order valence-corrected chi connectivity index (χ2v) is 5.69. The summed E-state index contributed by atoms with van der Waals surface area (Å²) in [5.74, 6) is 0.877. The van der Waals surface area contributed by atoms with E-state index < -0.39 is 6.09 Å². The number of carbonyl (C=O) groups is 1. The number of fused-ring (bicyclic) bond motifs is 2. The standard InChI is InChI=1S/C17H15N3O5/c18-7-12-5-11-1-2-19-16-14(11)6-15(12)23-4-3-22-10-20-13(8-24-16)9-25-17(20)21/h1-2,5-6,13H,3-4,8-10H2. The molecule has 0 N–H and O–H groups in total. The van der Waals surface area contributed by atoms with Crippen LogP contribution in [0.3, 0.4) is 0 Å². The summed E-state index contributed by atoms with van der Waals surface area (Å²) in [4.78, 5) is 17.6. The van der Waals surface area contributed by atoms with Crippen molar-refractivity contribution in [2.75, 3.05) is 33.2 Å². The molecule has 4 rings (SSSR count). The second-order valence-electron chi connectivity index (χ2n) is 5.69. The van der Waals surface area contributed by atoms with E-state index in [0.29, 0.717) is 17.2 Å². The van der Waals surface area contributed by atoms with E-state index in [0.717, 1.165) is 10.8 Å². The Bertz CT molecular complexity index is 863. The van der Waals surface area contributed by atoms with Crippen molar-refractivity contribution in [3.8, 4) is 17.7 Å². The zero-order valence-electron chi connectivity index (χ0n) is 13.3. The molecule has 0 aliphatic carbocycles. The number of benzene rings is 1. The molecule has 128 valence electrons. The van der Waals surface area contributed by atoms with Gasteiger partial charge in [-0.2, -0.15) is 5.26 Å². The number of carbonyl (C=O) groups excluding carboxylic acids is 1. The van der Waals surface area contributed by atoms with Crippen LogP contribution in [-0.4, -0.2) is 55.2 Å². The highest BCUT2D eigenvalue weighted by Crippen LogP contribution is 2.31. The summed E-state index contributed by atoms with van der Waals surface area (Å²) < 4.78 is 22.1. The summed E-state index contributed by atoms with van der Waals surface area (Å²) in [7, 11) is 0. The maximum atomic E-state index is 11.8. The largest absolute Gasteiger partial charge is 0.490 e. The van der Waals surface area contributed by atoms with E-state index in [2.05, 4.69) is 11.1 Å². The minimum Gasteiger partial charge on any atom is -0.490 e. The van der Waals surface area contributed by atoms with E-state index in [1.807, 2.05) is 6.07 Å². The van der Waals surface area contributed by atoms with Crippen LogP contribution in [0.25, 0.3) is 10.8 Å². The Morgan fingerprint density at radius 1 is 1.20 bits per heavy atom. The van der Waals surface area contributed by atoms with Gasteiger partial charge in [0.25, 0.3) is 0 Å². The van der Waals surface area contributed by atoms with Crippen LogP contribution < -0.4 is 9.47 Å². The molecule has 2 bridgehead atoms. The van der Waals surface area contributed by atoms with Crippen molar-refractivity contribution < 1.29 is 23.7 Å². The van der Waals surface area contributed by atoms with Crippen molar-refractivity contribution in [3.05, 3.63) is 30.0 Å². The Hall–Kier alpha value is -3.05. The van der Waals surface area contributed by atoms with Gasteiger partial charge in [-0.15, -0.1) is 0 Å². The highest BCUT2D eigenvalue weighted by molar-refractivity contribution is 5.89. The number of hydrogen-bond acceptors (Lipinski definition) is 7. The number of rotatable bonds is 0. The Morgan fingerprint density at radius 2 is 2.08 bits per heavy atom. The highest BCUT2D eigenvalue weighted by Gasteiger charge is 2.33. The summed E-state index contributed by atoms with van der Waals surface area (Å²) in [5, 5.41) is 10.9. The molecule has 0 radical (unpaired) electrons. The molecule has 1 aromatic heterocycles. The number of nitriles is 1. The summed E-state index contributed by atoms with van der Waals surface area (Å²) in [6.07, 6.45) is 1.19. The Balaban J connectivity index is 1.72. The number of cyclic esters (lactones) is 1. The molecule has 0 saturated carbocycles. The lowest BCUT2D eigenvalue weighted by molar-refractivity contribution is 0.0185. The lowest BCUT2D eigenvalue weighted by atomic mass is 10.1. The zero-order chi connectivity index (χ0) is 17.2. The van der Waals surface area contributed by atoms with Crippen molar-refractivity contribution in [1.29, 1.82) is 5.26 Å². The van der Waals surface area contributed by atoms with Gasteiger partial charge in [0, 0.05) is 11.6 Å². The van der Waals surface area contributed by atoms with E-state index >= 15 is 0 Å². The molecule has 2 aliphatic rings. The van der Waals surface area contributed by atoms with Crippen molar-refractivity contribution in [1.82, 2.24) is 9.88 Å². The van der Waals surface area contributed by atoms with Crippen molar-refractivity contribution in [2.45, 2.75) is 6.04 Å².